The van der Waals surface area contributed by atoms with Gasteiger partial charge in [-0.05, 0) is 6.07 Å². The Kier molecular flexibility index (Phi) is 3.98. The molecule has 1 aliphatic rings. The Morgan fingerprint density at radius 1 is 1.41 bits per heavy atom. The smallest absolute Gasteiger partial charge is 0.264 e. The van der Waals surface area contributed by atoms with Crippen molar-refractivity contribution in [3.63, 3.8) is 0 Å². The van der Waals surface area contributed by atoms with Gasteiger partial charge in [-0.2, -0.15) is 0 Å². The lowest BCUT2D eigenvalue weighted by atomic mass is 10.1. The molecular weight excluding hydrogens is 294 g/mol. The number of ether oxygens (including phenoxy) is 2. The summed E-state index contributed by atoms with van der Waals surface area (Å²) in [5.74, 6) is 0. The first-order chi connectivity index (χ1) is 10.6. The quantitative estimate of drug-likeness (QED) is 0.623. The molecule has 0 aliphatic carbocycles. The number of fused-ring (bicyclic) bond motifs is 1. The molecule has 2 aromatic heterocycles. The standard InChI is InChI=1S/C13H17N3O6/c1-21-6-15-5-14-11-7(12(15)20)2-3-16(11)13-10(19)9(18)8(4-17)22-13/h2-3,5,8-10,13,17-19H,4,6H2,1H3/t8-,9+,10-,13+/m0/s1. The van der Waals surface area contributed by atoms with Gasteiger partial charge in [-0.3, -0.25) is 9.36 Å². The zero-order valence-electron chi connectivity index (χ0n) is 11.9. The third kappa shape index (κ3) is 2.23. The van der Waals surface area contributed by atoms with Crippen LogP contribution in [0.4, 0.5) is 0 Å². The molecule has 120 valence electrons. The van der Waals surface area contributed by atoms with Crippen LogP contribution in [0.5, 0.6) is 0 Å². The average Bonchev–Trinajstić information content (AvgIpc) is 3.05. The van der Waals surface area contributed by atoms with E-state index in [1.807, 2.05) is 0 Å². The van der Waals surface area contributed by atoms with Gasteiger partial charge in [-0.15, -0.1) is 0 Å². The zero-order chi connectivity index (χ0) is 15.9. The van der Waals surface area contributed by atoms with E-state index in [0.717, 1.165) is 0 Å². The minimum absolute atomic E-state index is 0.0841. The van der Waals surface area contributed by atoms with E-state index < -0.39 is 31.1 Å². The van der Waals surface area contributed by atoms with Crippen LogP contribution in [0.2, 0.25) is 0 Å². The molecule has 1 fully saturated rings. The van der Waals surface area contributed by atoms with Gasteiger partial charge >= 0.3 is 0 Å². The minimum atomic E-state index is -1.23. The number of hydrogen-bond acceptors (Lipinski definition) is 7. The van der Waals surface area contributed by atoms with E-state index in [4.69, 9.17) is 14.6 Å². The summed E-state index contributed by atoms with van der Waals surface area (Å²) in [7, 11) is 1.47. The lowest BCUT2D eigenvalue weighted by Crippen LogP contribution is -2.33. The summed E-state index contributed by atoms with van der Waals surface area (Å²) in [5.41, 5.74) is 0.0459. The highest BCUT2D eigenvalue weighted by Crippen LogP contribution is 2.31. The minimum Gasteiger partial charge on any atom is -0.394 e. The summed E-state index contributed by atoms with van der Waals surface area (Å²) >= 11 is 0. The Morgan fingerprint density at radius 2 is 2.18 bits per heavy atom. The molecule has 0 bridgehead atoms. The first-order valence-corrected chi connectivity index (χ1v) is 6.76. The van der Waals surface area contributed by atoms with Crippen molar-refractivity contribution in [3.05, 3.63) is 28.9 Å². The molecule has 0 saturated carbocycles. The summed E-state index contributed by atoms with van der Waals surface area (Å²) < 4.78 is 13.1. The van der Waals surface area contributed by atoms with Crippen LogP contribution in [0, 0.1) is 0 Å². The Labute approximate surface area is 125 Å². The molecule has 3 rings (SSSR count). The summed E-state index contributed by atoms with van der Waals surface area (Å²) in [6.45, 7) is -0.331. The van der Waals surface area contributed by atoms with E-state index in [2.05, 4.69) is 4.98 Å². The molecule has 4 atom stereocenters. The van der Waals surface area contributed by atoms with Crippen molar-refractivity contribution >= 4 is 11.0 Å². The second-order valence-corrected chi connectivity index (χ2v) is 5.13. The van der Waals surface area contributed by atoms with Gasteiger partial charge in [0.25, 0.3) is 5.56 Å². The van der Waals surface area contributed by atoms with E-state index in [9.17, 15) is 15.0 Å². The summed E-state index contributed by atoms with van der Waals surface area (Å²) in [6.07, 6.45) is -1.35. The summed E-state index contributed by atoms with van der Waals surface area (Å²) in [6, 6.07) is 1.56. The van der Waals surface area contributed by atoms with E-state index in [0.29, 0.717) is 11.0 Å². The molecule has 0 radical (unpaired) electrons. The van der Waals surface area contributed by atoms with Gasteiger partial charge in [0.2, 0.25) is 0 Å². The largest absolute Gasteiger partial charge is 0.394 e. The number of rotatable bonds is 4. The molecule has 1 saturated heterocycles. The second-order valence-electron chi connectivity index (χ2n) is 5.13. The molecule has 9 heteroatoms. The molecule has 0 unspecified atom stereocenters. The van der Waals surface area contributed by atoms with E-state index in [-0.39, 0.29) is 12.3 Å². The van der Waals surface area contributed by atoms with Crippen LogP contribution in [0.15, 0.2) is 23.4 Å². The van der Waals surface area contributed by atoms with Crippen molar-refractivity contribution in [3.8, 4) is 0 Å². The fourth-order valence-electron chi connectivity index (χ4n) is 2.62. The highest BCUT2D eigenvalue weighted by molar-refractivity contribution is 5.74. The monoisotopic (exact) mass is 311 g/mol. The normalized spacial score (nSPS) is 28.5. The molecule has 3 N–H and O–H groups in total. The molecule has 2 aromatic rings. The third-order valence-electron chi connectivity index (χ3n) is 3.76. The number of methoxy groups -OCH3 is 1. The van der Waals surface area contributed by atoms with Crippen molar-refractivity contribution in [2.24, 2.45) is 0 Å². The first-order valence-electron chi connectivity index (χ1n) is 6.76. The fourth-order valence-corrected chi connectivity index (χ4v) is 2.62. The Hall–Kier alpha value is -1.78. The molecule has 22 heavy (non-hydrogen) atoms. The summed E-state index contributed by atoms with van der Waals surface area (Å²) in [5, 5.41) is 29.4. The van der Waals surface area contributed by atoms with Crippen molar-refractivity contribution in [2.45, 2.75) is 31.3 Å². The van der Waals surface area contributed by atoms with Crippen LogP contribution in [-0.2, 0) is 16.2 Å². The predicted octanol–water partition coefficient (Wildman–Crippen LogP) is -1.59. The maximum Gasteiger partial charge on any atom is 0.264 e. The van der Waals surface area contributed by atoms with Crippen LogP contribution in [0.3, 0.4) is 0 Å². The van der Waals surface area contributed by atoms with Gasteiger partial charge in [-0.25, -0.2) is 4.98 Å². The van der Waals surface area contributed by atoms with Crippen molar-refractivity contribution in [1.82, 2.24) is 14.1 Å². The van der Waals surface area contributed by atoms with Crippen LogP contribution in [-0.4, -0.2) is 61.5 Å². The number of aromatic nitrogens is 3. The van der Waals surface area contributed by atoms with Crippen molar-refractivity contribution in [1.29, 1.82) is 0 Å². The highest BCUT2D eigenvalue weighted by atomic mass is 16.6. The fraction of sp³-hybridized carbons (Fsp3) is 0.538. The first kappa shape index (κ1) is 15.1. The molecule has 0 aromatic carbocycles. The van der Waals surface area contributed by atoms with Crippen LogP contribution < -0.4 is 5.56 Å². The maximum atomic E-state index is 12.2. The number of hydrogen-bond donors (Lipinski definition) is 3. The van der Waals surface area contributed by atoms with Gasteiger partial charge in [0, 0.05) is 13.3 Å². The van der Waals surface area contributed by atoms with Gasteiger partial charge in [0.1, 0.15) is 37.0 Å². The SMILES string of the molecule is COCn1cnc2c(ccn2[C@@H]2O[C@@H](CO)[C@@H](O)[C@@H]2O)c1=O. The lowest BCUT2D eigenvalue weighted by molar-refractivity contribution is -0.0508. The lowest BCUT2D eigenvalue weighted by Gasteiger charge is -2.17. The van der Waals surface area contributed by atoms with E-state index >= 15 is 0 Å². The molecule has 0 spiro atoms. The van der Waals surface area contributed by atoms with Gasteiger partial charge in [-0.1, -0.05) is 0 Å². The Bertz CT molecular complexity index is 726. The van der Waals surface area contributed by atoms with E-state index in [1.165, 1.54) is 22.6 Å². The Morgan fingerprint density at radius 3 is 2.82 bits per heavy atom. The molecule has 1 aliphatic heterocycles. The molecule has 9 nitrogen and oxygen atoms in total. The average molecular weight is 311 g/mol. The molecular formula is C13H17N3O6. The molecule has 0 amide bonds. The summed E-state index contributed by atoms with van der Waals surface area (Å²) in [4.78, 5) is 16.4. The number of aliphatic hydroxyl groups is 3. The zero-order valence-corrected chi connectivity index (χ0v) is 11.9. The van der Waals surface area contributed by atoms with Crippen LogP contribution in [0.1, 0.15) is 6.23 Å². The topological polar surface area (TPSA) is 119 Å². The van der Waals surface area contributed by atoms with Crippen LogP contribution >= 0.6 is 0 Å². The second kappa shape index (κ2) is 5.78. The van der Waals surface area contributed by atoms with E-state index in [1.54, 1.807) is 12.3 Å². The van der Waals surface area contributed by atoms with Gasteiger partial charge in [0.05, 0.1) is 12.0 Å². The third-order valence-corrected chi connectivity index (χ3v) is 3.76. The van der Waals surface area contributed by atoms with Crippen molar-refractivity contribution < 1.29 is 24.8 Å². The van der Waals surface area contributed by atoms with Gasteiger partial charge in [0.15, 0.2) is 6.23 Å². The van der Waals surface area contributed by atoms with Crippen molar-refractivity contribution in [2.75, 3.05) is 13.7 Å². The molecule has 3 heterocycles. The maximum absolute atomic E-state index is 12.2. The Balaban J connectivity index is 2.03. The predicted molar refractivity (Wildman–Crippen MR) is 74.0 cm³/mol. The van der Waals surface area contributed by atoms with Crippen LogP contribution in [0.25, 0.3) is 11.0 Å². The number of nitrogens with zero attached hydrogens (tertiary/aromatic N) is 3. The number of aliphatic hydroxyl groups excluding tert-OH is 3. The van der Waals surface area contributed by atoms with Gasteiger partial charge < -0.3 is 29.4 Å². The highest BCUT2D eigenvalue weighted by Gasteiger charge is 2.43.